The molecule has 1 atom stereocenters. The van der Waals surface area contributed by atoms with Gasteiger partial charge in [0.2, 0.25) is 0 Å². The second-order valence-electron chi connectivity index (χ2n) is 9.99. The van der Waals surface area contributed by atoms with Gasteiger partial charge in [-0.1, -0.05) is 54.6 Å². The van der Waals surface area contributed by atoms with Crippen LogP contribution in [0.4, 0.5) is 0 Å². The molecule has 0 saturated heterocycles. The Bertz CT molecular complexity index is 1630. The van der Waals surface area contributed by atoms with Crippen molar-refractivity contribution in [2.45, 2.75) is 39.0 Å². The lowest BCUT2D eigenvalue weighted by Crippen LogP contribution is -2.42. The maximum absolute atomic E-state index is 13.0. The summed E-state index contributed by atoms with van der Waals surface area (Å²) in [7, 11) is 0. The van der Waals surface area contributed by atoms with E-state index in [9.17, 15) is 14.7 Å². The van der Waals surface area contributed by atoms with Crippen LogP contribution in [0.2, 0.25) is 0 Å². The number of aliphatic carboxylic acids is 1. The van der Waals surface area contributed by atoms with Gasteiger partial charge in [0, 0.05) is 18.8 Å². The van der Waals surface area contributed by atoms with E-state index in [0.717, 1.165) is 28.0 Å². The number of pyridine rings is 1. The van der Waals surface area contributed by atoms with Crippen molar-refractivity contribution in [3.05, 3.63) is 120 Å². The van der Waals surface area contributed by atoms with Crippen LogP contribution in [-0.4, -0.2) is 38.5 Å². The highest BCUT2D eigenvalue weighted by Crippen LogP contribution is 2.24. The van der Waals surface area contributed by atoms with Crippen LogP contribution in [0, 0.1) is 0 Å². The molecule has 5 rings (SSSR count). The second kappa shape index (κ2) is 12.4. The predicted molar refractivity (Wildman–Crippen MR) is 156 cm³/mol. The lowest BCUT2D eigenvalue weighted by molar-refractivity contribution is -0.139. The summed E-state index contributed by atoms with van der Waals surface area (Å²) in [6.07, 6.45) is 3.70. The predicted octanol–water partition coefficient (Wildman–Crippen LogP) is 5.79. The molecule has 0 saturated carbocycles. The number of fused-ring (bicyclic) bond motifs is 1. The highest BCUT2D eigenvalue weighted by molar-refractivity contribution is 5.95. The molecule has 5 aromatic rings. The van der Waals surface area contributed by atoms with Gasteiger partial charge in [0.25, 0.3) is 5.91 Å². The van der Waals surface area contributed by atoms with Gasteiger partial charge in [-0.3, -0.25) is 4.79 Å². The molecule has 41 heavy (non-hydrogen) atoms. The Morgan fingerprint density at radius 1 is 0.829 bits per heavy atom. The summed E-state index contributed by atoms with van der Waals surface area (Å²) in [5.74, 6) is -0.205. The smallest absolute Gasteiger partial charge is 0.326 e. The molecule has 0 aliphatic heterocycles. The minimum absolute atomic E-state index is 0.0961. The van der Waals surface area contributed by atoms with Gasteiger partial charge in [0.1, 0.15) is 35.5 Å². The number of carboxylic acids is 1. The lowest BCUT2D eigenvalue weighted by atomic mass is 10.1. The number of carbonyl (C=O) groups is 2. The number of imidazole rings is 1. The Labute approximate surface area is 238 Å². The molecule has 2 N–H and O–H groups in total. The molecule has 8 heteroatoms. The van der Waals surface area contributed by atoms with Crippen molar-refractivity contribution in [3.63, 3.8) is 0 Å². The molecule has 1 amide bonds. The number of rotatable bonds is 11. The Balaban J connectivity index is 1.23. The van der Waals surface area contributed by atoms with Crippen molar-refractivity contribution in [2.75, 3.05) is 0 Å². The van der Waals surface area contributed by atoms with Gasteiger partial charge in [0.05, 0.1) is 6.10 Å². The maximum Gasteiger partial charge on any atom is 0.326 e. The lowest BCUT2D eigenvalue weighted by Gasteiger charge is -2.14. The van der Waals surface area contributed by atoms with E-state index in [2.05, 4.69) is 10.3 Å². The molecule has 0 bridgehead atoms. The molecule has 1 unspecified atom stereocenters. The zero-order chi connectivity index (χ0) is 28.8. The van der Waals surface area contributed by atoms with Crippen LogP contribution >= 0.6 is 0 Å². The number of benzene rings is 3. The van der Waals surface area contributed by atoms with Crippen molar-refractivity contribution in [1.29, 1.82) is 0 Å². The Kier molecular flexibility index (Phi) is 8.29. The van der Waals surface area contributed by atoms with Gasteiger partial charge in [-0.15, -0.1) is 0 Å². The molecule has 0 aliphatic rings. The SMILES string of the molecule is CC(C)Oc1ccc(-c2ccc3nc(C(=O)NC(Cc4ccc(OCc5ccccc5)cc4)C(=O)O)cn3c2)cc1. The van der Waals surface area contributed by atoms with Gasteiger partial charge < -0.3 is 24.3 Å². The van der Waals surface area contributed by atoms with E-state index in [1.807, 2.05) is 86.8 Å². The number of hydrogen-bond acceptors (Lipinski definition) is 5. The first-order valence-electron chi connectivity index (χ1n) is 13.4. The average Bonchev–Trinajstić information content (AvgIpc) is 3.41. The molecule has 0 aliphatic carbocycles. The van der Waals surface area contributed by atoms with E-state index in [4.69, 9.17) is 9.47 Å². The van der Waals surface area contributed by atoms with E-state index in [-0.39, 0.29) is 18.2 Å². The molecule has 0 fully saturated rings. The number of nitrogens with one attached hydrogen (secondary N) is 1. The number of carboxylic acid groups (broad SMARTS) is 1. The van der Waals surface area contributed by atoms with Crippen LogP contribution in [0.3, 0.4) is 0 Å². The summed E-state index contributed by atoms with van der Waals surface area (Å²) in [4.78, 5) is 29.4. The third kappa shape index (κ3) is 7.10. The van der Waals surface area contributed by atoms with Gasteiger partial charge in [-0.25, -0.2) is 9.78 Å². The fraction of sp³-hybridized carbons (Fsp3) is 0.182. The van der Waals surface area contributed by atoms with Crippen LogP contribution in [0.15, 0.2) is 103 Å². The molecule has 0 radical (unpaired) electrons. The summed E-state index contributed by atoms with van der Waals surface area (Å²) < 4.78 is 13.3. The topological polar surface area (TPSA) is 102 Å². The van der Waals surface area contributed by atoms with E-state index < -0.39 is 17.9 Å². The summed E-state index contributed by atoms with van der Waals surface area (Å²) in [5, 5.41) is 12.4. The van der Waals surface area contributed by atoms with Crippen LogP contribution in [0.5, 0.6) is 11.5 Å². The Morgan fingerprint density at radius 3 is 2.20 bits per heavy atom. The molecule has 3 aromatic carbocycles. The first-order chi connectivity index (χ1) is 19.8. The average molecular weight is 550 g/mol. The van der Waals surface area contributed by atoms with Crippen molar-refractivity contribution in [3.8, 4) is 22.6 Å². The van der Waals surface area contributed by atoms with Crippen molar-refractivity contribution in [2.24, 2.45) is 0 Å². The summed E-state index contributed by atoms with van der Waals surface area (Å²) >= 11 is 0. The molecule has 2 heterocycles. The summed E-state index contributed by atoms with van der Waals surface area (Å²) in [6, 6.07) is 27.4. The number of hydrogen-bond donors (Lipinski definition) is 2. The quantitative estimate of drug-likeness (QED) is 0.216. The normalized spacial score (nSPS) is 11.8. The van der Waals surface area contributed by atoms with Gasteiger partial charge in [-0.05, 0) is 72.5 Å². The first-order valence-corrected chi connectivity index (χ1v) is 13.4. The number of aromatic nitrogens is 2. The number of amides is 1. The van der Waals surface area contributed by atoms with Crippen LogP contribution in [0.1, 0.15) is 35.5 Å². The highest BCUT2D eigenvalue weighted by atomic mass is 16.5. The van der Waals surface area contributed by atoms with Crippen molar-refractivity contribution >= 4 is 17.5 Å². The Hall–Kier alpha value is -5.11. The minimum atomic E-state index is -1.13. The van der Waals surface area contributed by atoms with Gasteiger partial charge >= 0.3 is 5.97 Å². The first kappa shape index (κ1) is 27.5. The molecular formula is C33H31N3O5. The second-order valence-corrected chi connectivity index (χ2v) is 9.99. The van der Waals surface area contributed by atoms with Crippen LogP contribution in [-0.2, 0) is 17.8 Å². The number of carbonyl (C=O) groups excluding carboxylic acids is 1. The zero-order valence-electron chi connectivity index (χ0n) is 22.9. The molecule has 0 spiro atoms. The minimum Gasteiger partial charge on any atom is -0.491 e. The Morgan fingerprint density at radius 2 is 1.51 bits per heavy atom. The highest BCUT2D eigenvalue weighted by Gasteiger charge is 2.23. The molecular weight excluding hydrogens is 518 g/mol. The van der Waals surface area contributed by atoms with E-state index >= 15 is 0 Å². The van der Waals surface area contributed by atoms with E-state index in [1.165, 1.54) is 0 Å². The standard InChI is InChI=1S/C33H31N3O5/c1-22(2)41-28-15-10-25(11-16-28)26-12-17-31-34-30(20-36(31)19-26)32(37)35-29(33(38)39)18-23-8-13-27(14-9-23)40-21-24-6-4-3-5-7-24/h3-17,19-20,22,29H,18,21H2,1-2H3,(H,35,37)(H,38,39). The van der Waals surface area contributed by atoms with Crippen LogP contribution < -0.4 is 14.8 Å². The number of ether oxygens (including phenoxy) is 2. The fourth-order valence-corrected chi connectivity index (χ4v) is 4.40. The van der Waals surface area contributed by atoms with Crippen molar-refractivity contribution < 1.29 is 24.2 Å². The zero-order valence-corrected chi connectivity index (χ0v) is 22.9. The third-order valence-electron chi connectivity index (χ3n) is 6.46. The van der Waals surface area contributed by atoms with E-state index in [1.54, 1.807) is 34.9 Å². The summed E-state index contributed by atoms with van der Waals surface area (Å²) in [5.41, 5.74) is 4.46. The molecule has 2 aromatic heterocycles. The molecule has 208 valence electrons. The number of nitrogens with zero attached hydrogens (tertiary/aromatic N) is 2. The maximum atomic E-state index is 13.0. The monoisotopic (exact) mass is 549 g/mol. The fourth-order valence-electron chi connectivity index (χ4n) is 4.40. The summed E-state index contributed by atoms with van der Waals surface area (Å²) in [6.45, 7) is 4.40. The van der Waals surface area contributed by atoms with Gasteiger partial charge in [-0.2, -0.15) is 0 Å². The molecule has 8 nitrogen and oxygen atoms in total. The van der Waals surface area contributed by atoms with Gasteiger partial charge in [0.15, 0.2) is 0 Å². The van der Waals surface area contributed by atoms with Crippen molar-refractivity contribution in [1.82, 2.24) is 14.7 Å². The van der Waals surface area contributed by atoms with Crippen LogP contribution in [0.25, 0.3) is 16.8 Å². The van der Waals surface area contributed by atoms with E-state index in [0.29, 0.717) is 18.0 Å². The largest absolute Gasteiger partial charge is 0.491 e. The third-order valence-corrected chi connectivity index (χ3v) is 6.46.